The first-order valence-electron chi connectivity index (χ1n) is 6.38. The number of carboxylic acid groups (broad SMARTS) is 1. The number of anilines is 1. The predicted molar refractivity (Wildman–Crippen MR) is 78.9 cm³/mol. The van der Waals surface area contributed by atoms with Gasteiger partial charge in [-0.15, -0.1) is 0 Å². The van der Waals surface area contributed by atoms with Crippen LogP contribution >= 0.6 is 11.6 Å². The van der Waals surface area contributed by atoms with E-state index in [1.54, 1.807) is 54.6 Å². The van der Waals surface area contributed by atoms with Crippen LogP contribution in [0.25, 0.3) is 0 Å². The molecule has 0 unspecified atom stereocenters. The van der Waals surface area contributed by atoms with E-state index in [2.05, 4.69) is 5.32 Å². The van der Waals surface area contributed by atoms with Crippen LogP contribution in [0.5, 0.6) is 0 Å². The zero-order chi connectivity index (χ0) is 15.2. The molecule has 1 amide bonds. The zero-order valence-corrected chi connectivity index (χ0v) is 11.8. The van der Waals surface area contributed by atoms with E-state index < -0.39 is 17.8 Å². The number of hydrogen-bond donors (Lipinski definition) is 1. The number of amides is 1. The molecule has 21 heavy (non-hydrogen) atoms. The Bertz CT molecular complexity index is 643. The molecule has 0 aliphatic heterocycles. The van der Waals surface area contributed by atoms with Crippen LogP contribution in [0.3, 0.4) is 0 Å². The summed E-state index contributed by atoms with van der Waals surface area (Å²) in [5.41, 5.74) is 0.987. The minimum atomic E-state index is -1.28. The van der Waals surface area contributed by atoms with E-state index in [4.69, 9.17) is 11.6 Å². The zero-order valence-electron chi connectivity index (χ0n) is 11.1. The Morgan fingerprint density at radius 3 is 2.29 bits per heavy atom. The highest BCUT2D eigenvalue weighted by Crippen LogP contribution is 2.23. The highest BCUT2D eigenvalue weighted by molar-refractivity contribution is 6.33. The summed E-state index contributed by atoms with van der Waals surface area (Å²) in [6.07, 6.45) is -0.211. The van der Waals surface area contributed by atoms with Crippen molar-refractivity contribution in [2.45, 2.75) is 12.3 Å². The molecule has 2 rings (SSSR count). The molecule has 0 saturated carbocycles. The van der Waals surface area contributed by atoms with Crippen molar-refractivity contribution in [3.63, 3.8) is 0 Å². The number of aliphatic carboxylic acids is 1. The SMILES string of the molecule is O=C(C[C@H](C(=O)[O-])c1ccccc1)Nc1ccccc1Cl. The fourth-order valence-corrected chi connectivity index (χ4v) is 2.15. The number of benzene rings is 2. The van der Waals surface area contributed by atoms with Crippen molar-refractivity contribution in [3.8, 4) is 0 Å². The molecule has 0 heterocycles. The molecule has 0 bridgehead atoms. The number of carbonyl (C=O) groups is 2. The van der Waals surface area contributed by atoms with E-state index in [1.807, 2.05) is 0 Å². The van der Waals surface area contributed by atoms with Crippen molar-refractivity contribution in [2.24, 2.45) is 0 Å². The number of para-hydroxylation sites is 1. The van der Waals surface area contributed by atoms with Crippen LogP contribution in [0.15, 0.2) is 54.6 Å². The summed E-state index contributed by atoms with van der Waals surface area (Å²) in [6, 6.07) is 15.3. The molecule has 4 nitrogen and oxygen atoms in total. The van der Waals surface area contributed by atoms with Crippen molar-refractivity contribution >= 4 is 29.2 Å². The molecule has 1 atom stereocenters. The van der Waals surface area contributed by atoms with Gasteiger partial charge in [-0.3, -0.25) is 4.79 Å². The number of carbonyl (C=O) groups excluding carboxylic acids is 2. The minimum Gasteiger partial charge on any atom is -0.549 e. The maximum absolute atomic E-state index is 12.0. The van der Waals surface area contributed by atoms with Gasteiger partial charge in [0.15, 0.2) is 0 Å². The van der Waals surface area contributed by atoms with Gasteiger partial charge in [0.1, 0.15) is 0 Å². The lowest BCUT2D eigenvalue weighted by atomic mass is 9.95. The Kier molecular flexibility index (Phi) is 4.95. The van der Waals surface area contributed by atoms with Crippen LogP contribution in [-0.2, 0) is 9.59 Å². The van der Waals surface area contributed by atoms with Crippen molar-refractivity contribution in [3.05, 3.63) is 65.2 Å². The van der Waals surface area contributed by atoms with Gasteiger partial charge in [-0.25, -0.2) is 0 Å². The van der Waals surface area contributed by atoms with E-state index in [9.17, 15) is 14.7 Å². The maximum Gasteiger partial charge on any atom is 0.225 e. The first kappa shape index (κ1) is 15.1. The van der Waals surface area contributed by atoms with Gasteiger partial charge in [-0.05, 0) is 17.7 Å². The van der Waals surface area contributed by atoms with Gasteiger partial charge in [0, 0.05) is 18.3 Å². The van der Waals surface area contributed by atoms with Gasteiger partial charge in [0.25, 0.3) is 0 Å². The van der Waals surface area contributed by atoms with E-state index in [1.165, 1.54) is 0 Å². The van der Waals surface area contributed by atoms with Gasteiger partial charge >= 0.3 is 0 Å². The highest BCUT2D eigenvalue weighted by Gasteiger charge is 2.17. The molecule has 0 radical (unpaired) electrons. The molecular weight excluding hydrogens is 290 g/mol. The molecule has 0 fully saturated rings. The standard InChI is InChI=1S/C16H14ClNO3/c17-13-8-4-5-9-14(13)18-15(19)10-12(16(20)21)11-6-2-1-3-7-11/h1-9,12H,10H2,(H,18,19)(H,20,21)/p-1/t12-/m0/s1. The third-order valence-corrected chi connectivity index (χ3v) is 3.35. The van der Waals surface area contributed by atoms with Crippen molar-refractivity contribution in [1.29, 1.82) is 0 Å². The number of halogens is 1. The monoisotopic (exact) mass is 302 g/mol. The summed E-state index contributed by atoms with van der Waals surface area (Å²) in [4.78, 5) is 23.2. The Balaban J connectivity index is 2.10. The lowest BCUT2D eigenvalue weighted by molar-refractivity contribution is -0.308. The molecule has 108 valence electrons. The molecule has 1 N–H and O–H groups in total. The van der Waals surface area contributed by atoms with Crippen LogP contribution < -0.4 is 10.4 Å². The molecule has 5 heteroatoms. The lowest BCUT2D eigenvalue weighted by Gasteiger charge is -2.18. The molecule has 0 aromatic heterocycles. The van der Waals surface area contributed by atoms with E-state index >= 15 is 0 Å². The van der Waals surface area contributed by atoms with Crippen LogP contribution in [0.1, 0.15) is 17.9 Å². The Morgan fingerprint density at radius 1 is 1.05 bits per heavy atom. The van der Waals surface area contributed by atoms with Gasteiger partial charge in [0.05, 0.1) is 10.7 Å². The Hall–Kier alpha value is -2.33. The predicted octanol–water partition coefficient (Wildman–Crippen LogP) is 2.20. The second-order valence-electron chi connectivity index (χ2n) is 4.51. The summed E-state index contributed by atoms with van der Waals surface area (Å²) in [6.45, 7) is 0. The van der Waals surface area contributed by atoms with Crippen LogP contribution in [-0.4, -0.2) is 11.9 Å². The smallest absolute Gasteiger partial charge is 0.225 e. The highest BCUT2D eigenvalue weighted by atomic mass is 35.5. The van der Waals surface area contributed by atoms with Crippen LogP contribution in [0.2, 0.25) is 5.02 Å². The first-order chi connectivity index (χ1) is 10.1. The van der Waals surface area contributed by atoms with Crippen LogP contribution in [0, 0.1) is 0 Å². The molecule has 0 aliphatic carbocycles. The average Bonchev–Trinajstić information content (AvgIpc) is 2.48. The van der Waals surface area contributed by atoms with E-state index in [0.717, 1.165) is 0 Å². The minimum absolute atomic E-state index is 0.211. The largest absolute Gasteiger partial charge is 0.549 e. The number of hydrogen-bond acceptors (Lipinski definition) is 3. The number of carboxylic acids is 1. The van der Waals surface area contributed by atoms with Gasteiger partial charge in [-0.2, -0.15) is 0 Å². The van der Waals surface area contributed by atoms with Crippen molar-refractivity contribution < 1.29 is 14.7 Å². The van der Waals surface area contributed by atoms with Gasteiger partial charge in [-0.1, -0.05) is 54.1 Å². The topological polar surface area (TPSA) is 69.2 Å². The second kappa shape index (κ2) is 6.90. The quantitative estimate of drug-likeness (QED) is 0.920. The average molecular weight is 303 g/mol. The number of nitrogens with one attached hydrogen (secondary N) is 1. The van der Waals surface area contributed by atoms with Gasteiger partial charge < -0.3 is 15.2 Å². The summed E-state index contributed by atoms with van der Waals surface area (Å²) in [5, 5.41) is 14.2. The fraction of sp³-hybridized carbons (Fsp3) is 0.125. The van der Waals surface area contributed by atoms with Crippen LogP contribution in [0.4, 0.5) is 5.69 Å². The third kappa shape index (κ3) is 4.07. The molecule has 0 spiro atoms. The summed E-state index contributed by atoms with van der Waals surface area (Å²) in [7, 11) is 0. The summed E-state index contributed by atoms with van der Waals surface area (Å²) >= 11 is 5.94. The van der Waals surface area contributed by atoms with Gasteiger partial charge in [0.2, 0.25) is 5.91 Å². The van der Waals surface area contributed by atoms with Crippen molar-refractivity contribution in [2.75, 3.05) is 5.32 Å². The summed E-state index contributed by atoms with van der Waals surface area (Å²) < 4.78 is 0. The Labute approximate surface area is 127 Å². The fourth-order valence-electron chi connectivity index (χ4n) is 1.97. The Morgan fingerprint density at radius 2 is 1.67 bits per heavy atom. The number of rotatable bonds is 5. The normalized spacial score (nSPS) is 11.7. The first-order valence-corrected chi connectivity index (χ1v) is 6.76. The second-order valence-corrected chi connectivity index (χ2v) is 4.92. The summed E-state index contributed by atoms with van der Waals surface area (Å²) in [5.74, 6) is -2.70. The van der Waals surface area contributed by atoms with Crippen molar-refractivity contribution in [1.82, 2.24) is 0 Å². The van der Waals surface area contributed by atoms with E-state index in [-0.39, 0.29) is 6.42 Å². The lowest BCUT2D eigenvalue weighted by Crippen LogP contribution is -2.32. The maximum atomic E-state index is 12.0. The molecule has 0 aliphatic rings. The molecule has 2 aromatic rings. The molecular formula is C16H13ClNO3-. The molecule has 0 saturated heterocycles. The van der Waals surface area contributed by atoms with E-state index in [0.29, 0.717) is 16.3 Å². The third-order valence-electron chi connectivity index (χ3n) is 3.02. The molecule has 2 aromatic carbocycles.